The van der Waals surface area contributed by atoms with E-state index in [2.05, 4.69) is 6.58 Å². The van der Waals surface area contributed by atoms with Crippen LogP contribution < -0.4 is 0 Å². The highest BCUT2D eigenvalue weighted by Crippen LogP contribution is 2.54. The molecule has 0 aliphatic carbocycles. The molecule has 3 atom stereocenters. The first-order valence-corrected chi connectivity index (χ1v) is 9.78. The van der Waals surface area contributed by atoms with Crippen LogP contribution in [0.1, 0.15) is 12.5 Å². The van der Waals surface area contributed by atoms with Crippen molar-refractivity contribution < 1.29 is 19.4 Å². The van der Waals surface area contributed by atoms with Crippen LogP contribution in [0, 0.1) is 5.92 Å². The van der Waals surface area contributed by atoms with Crippen LogP contribution in [-0.4, -0.2) is 40.0 Å². The Balaban J connectivity index is 1.80. The van der Waals surface area contributed by atoms with Gasteiger partial charge in [-0.1, -0.05) is 54.7 Å². The number of hydrogen-bond donors (Lipinski definition) is 1. The molecule has 0 aromatic heterocycles. The zero-order chi connectivity index (χ0) is 18.0. The van der Waals surface area contributed by atoms with Gasteiger partial charge in [0.25, 0.3) is 0 Å². The summed E-state index contributed by atoms with van der Waals surface area (Å²) in [5.74, 6) is -0.548. The van der Waals surface area contributed by atoms with Crippen molar-refractivity contribution in [2.75, 3.05) is 6.61 Å². The summed E-state index contributed by atoms with van der Waals surface area (Å²) >= 11 is 2.96. The van der Waals surface area contributed by atoms with Gasteiger partial charge in [-0.15, -0.1) is 11.8 Å². The third-order valence-electron chi connectivity index (χ3n) is 4.00. The van der Waals surface area contributed by atoms with Crippen molar-refractivity contribution in [3.8, 4) is 0 Å². The summed E-state index contributed by atoms with van der Waals surface area (Å²) in [7, 11) is 0. The van der Waals surface area contributed by atoms with E-state index in [1.807, 2.05) is 30.3 Å². The highest BCUT2D eigenvalue weighted by molar-refractivity contribution is 8.22. The van der Waals surface area contributed by atoms with Crippen LogP contribution >= 0.6 is 23.5 Å². The highest BCUT2D eigenvalue weighted by Gasteiger charge is 2.57. The molecule has 5 nitrogen and oxygen atoms in total. The van der Waals surface area contributed by atoms with Crippen LogP contribution in [-0.2, 0) is 20.1 Å². The van der Waals surface area contributed by atoms with E-state index in [0.717, 1.165) is 9.80 Å². The van der Waals surface area contributed by atoms with Gasteiger partial charge in [0.15, 0.2) is 5.70 Å². The maximum absolute atomic E-state index is 12.4. The van der Waals surface area contributed by atoms with E-state index in [1.165, 1.54) is 34.5 Å². The van der Waals surface area contributed by atoms with E-state index in [-0.39, 0.29) is 17.9 Å². The summed E-state index contributed by atoms with van der Waals surface area (Å²) < 4.78 is 5.92. The maximum Gasteiger partial charge on any atom is 0.357 e. The highest BCUT2D eigenvalue weighted by atomic mass is 32.2. The Labute approximate surface area is 155 Å². The first-order chi connectivity index (χ1) is 12.0. The van der Waals surface area contributed by atoms with Crippen LogP contribution in [0.15, 0.2) is 52.9 Å². The largest absolute Gasteiger partial charge is 0.457 e. The third kappa shape index (κ3) is 3.49. The van der Waals surface area contributed by atoms with Crippen LogP contribution in [0.2, 0.25) is 0 Å². The Hall–Kier alpha value is -1.70. The van der Waals surface area contributed by atoms with Gasteiger partial charge in [-0.2, -0.15) is 0 Å². The smallest absolute Gasteiger partial charge is 0.357 e. The third-order valence-corrected chi connectivity index (χ3v) is 6.73. The molecule has 0 radical (unpaired) electrons. The molecule has 2 aliphatic heterocycles. The number of carbonyl (C=O) groups is 2. The molecule has 7 heteroatoms. The van der Waals surface area contributed by atoms with Crippen molar-refractivity contribution >= 4 is 35.4 Å². The zero-order valence-electron chi connectivity index (χ0n) is 13.8. The second-order valence-electron chi connectivity index (χ2n) is 5.78. The molecule has 1 N–H and O–H groups in total. The zero-order valence-corrected chi connectivity index (χ0v) is 15.4. The van der Waals surface area contributed by atoms with E-state index < -0.39 is 18.0 Å². The average Bonchev–Trinajstić information content (AvgIpc) is 2.92. The van der Waals surface area contributed by atoms with Crippen LogP contribution in [0.3, 0.4) is 0 Å². The van der Waals surface area contributed by atoms with E-state index in [9.17, 15) is 14.7 Å². The second-order valence-corrected chi connectivity index (χ2v) is 8.15. The number of nitrogens with zero attached hydrogens (tertiary/aromatic N) is 1. The SMILES string of the molecule is C=CCOC(=O)C1=C(SCc2ccccc2)S[C@@H]2[C@H](C(C)O)C(=O)N12. The van der Waals surface area contributed by atoms with Gasteiger partial charge in [0.1, 0.15) is 12.0 Å². The van der Waals surface area contributed by atoms with Crippen molar-refractivity contribution in [1.29, 1.82) is 0 Å². The molecule has 1 aromatic rings. The number of ether oxygens (including phenoxy) is 1. The number of thioether (sulfide) groups is 2. The average molecular weight is 377 g/mol. The molecule has 1 aromatic carbocycles. The lowest BCUT2D eigenvalue weighted by Gasteiger charge is -2.43. The Morgan fingerprint density at radius 1 is 1.48 bits per heavy atom. The molecule has 25 heavy (non-hydrogen) atoms. The fourth-order valence-electron chi connectivity index (χ4n) is 2.77. The second kappa shape index (κ2) is 7.68. The molecule has 3 rings (SSSR count). The number of fused-ring (bicyclic) bond motifs is 1. The molecule has 132 valence electrons. The van der Waals surface area contributed by atoms with Crippen molar-refractivity contribution in [3.63, 3.8) is 0 Å². The molecule has 1 amide bonds. The monoisotopic (exact) mass is 377 g/mol. The predicted octanol–water partition coefficient (Wildman–Crippen LogP) is 2.73. The minimum absolute atomic E-state index is 0.0934. The van der Waals surface area contributed by atoms with Crippen molar-refractivity contribution in [2.24, 2.45) is 5.92 Å². The number of hydrogen-bond acceptors (Lipinski definition) is 6. The Morgan fingerprint density at radius 3 is 2.84 bits per heavy atom. The molecule has 0 bridgehead atoms. The fraction of sp³-hybridized carbons (Fsp3) is 0.333. The summed E-state index contributed by atoms with van der Waals surface area (Å²) in [4.78, 5) is 26.3. The first kappa shape index (κ1) is 18.1. The van der Waals surface area contributed by atoms with E-state index >= 15 is 0 Å². The minimum Gasteiger partial charge on any atom is -0.457 e. The van der Waals surface area contributed by atoms with Gasteiger partial charge < -0.3 is 9.84 Å². The molecule has 0 spiro atoms. The lowest BCUT2D eigenvalue weighted by Crippen LogP contribution is -2.60. The quantitative estimate of drug-likeness (QED) is 0.448. The van der Waals surface area contributed by atoms with Gasteiger partial charge in [-0.3, -0.25) is 9.69 Å². The maximum atomic E-state index is 12.4. The molecule has 1 fully saturated rings. The van der Waals surface area contributed by atoms with E-state index in [0.29, 0.717) is 11.4 Å². The van der Waals surface area contributed by atoms with Crippen LogP contribution in [0.25, 0.3) is 0 Å². The van der Waals surface area contributed by atoms with Crippen molar-refractivity contribution in [3.05, 3.63) is 58.5 Å². The topological polar surface area (TPSA) is 66.8 Å². The summed E-state index contributed by atoms with van der Waals surface area (Å²) in [5, 5.41) is 9.60. The number of aliphatic hydroxyl groups is 1. The van der Waals surface area contributed by atoms with Crippen LogP contribution in [0.4, 0.5) is 0 Å². The number of carbonyl (C=O) groups excluding carboxylic acids is 2. The summed E-state index contributed by atoms with van der Waals surface area (Å²) in [6, 6.07) is 9.91. The number of β-lactam (4-membered cyclic amide) rings is 1. The Morgan fingerprint density at radius 2 is 2.20 bits per heavy atom. The molecular formula is C18H19NO4S2. The first-order valence-electron chi connectivity index (χ1n) is 7.91. The number of esters is 1. The van der Waals surface area contributed by atoms with Crippen molar-refractivity contribution in [1.82, 2.24) is 4.90 Å². The summed E-state index contributed by atoms with van der Waals surface area (Å²) in [6.45, 7) is 5.23. The minimum atomic E-state index is -0.745. The van der Waals surface area contributed by atoms with E-state index in [4.69, 9.17) is 4.74 Å². The summed E-state index contributed by atoms with van der Waals surface area (Å²) in [6.07, 6.45) is 0.746. The molecular weight excluding hydrogens is 358 g/mol. The van der Waals surface area contributed by atoms with Crippen molar-refractivity contribution in [2.45, 2.75) is 24.2 Å². The van der Waals surface area contributed by atoms with Gasteiger partial charge in [0, 0.05) is 5.75 Å². The van der Waals surface area contributed by atoms with E-state index in [1.54, 1.807) is 6.92 Å². The predicted molar refractivity (Wildman–Crippen MR) is 99.3 cm³/mol. The van der Waals surface area contributed by atoms with Gasteiger partial charge in [-0.25, -0.2) is 4.79 Å². The number of amides is 1. The molecule has 2 heterocycles. The van der Waals surface area contributed by atoms with Crippen LogP contribution in [0.5, 0.6) is 0 Å². The Kier molecular flexibility index (Phi) is 5.56. The number of aliphatic hydroxyl groups excluding tert-OH is 1. The standard InChI is InChI=1S/C18H19NO4S2/c1-3-9-23-17(22)14-18(24-10-12-7-5-4-6-8-12)25-16-13(11(2)20)15(21)19(14)16/h3-8,11,13,16,20H,1,9-10H2,2H3/t11?,13-,16-/m1/s1. The lowest BCUT2D eigenvalue weighted by molar-refractivity contribution is -0.157. The number of rotatable bonds is 7. The fourth-order valence-corrected chi connectivity index (χ4v) is 5.64. The molecule has 1 unspecified atom stereocenters. The molecule has 2 aliphatic rings. The normalized spacial score (nSPS) is 23.1. The molecule has 0 saturated carbocycles. The van der Waals surface area contributed by atoms with Gasteiger partial charge >= 0.3 is 5.97 Å². The lowest BCUT2D eigenvalue weighted by atomic mass is 9.92. The summed E-state index contributed by atoms with van der Waals surface area (Å²) in [5.41, 5.74) is 1.42. The van der Waals surface area contributed by atoms with Gasteiger partial charge in [-0.05, 0) is 12.5 Å². The van der Waals surface area contributed by atoms with Gasteiger partial charge in [0.2, 0.25) is 5.91 Å². The molecule has 1 saturated heterocycles. The number of benzene rings is 1. The Bertz CT molecular complexity index is 717. The van der Waals surface area contributed by atoms with Gasteiger partial charge in [0.05, 0.1) is 16.3 Å².